The van der Waals surface area contributed by atoms with Crippen molar-refractivity contribution in [2.45, 2.75) is 15.9 Å². The third-order valence-electron chi connectivity index (χ3n) is 2.68. The highest BCUT2D eigenvalue weighted by Gasteiger charge is 2.09. The van der Waals surface area contributed by atoms with E-state index >= 15 is 0 Å². The molecule has 0 aliphatic rings. The Hall–Kier alpha value is -1.43. The highest BCUT2D eigenvalue weighted by Crippen LogP contribution is 2.34. The fourth-order valence-corrected chi connectivity index (χ4v) is 3.88. The number of benzene rings is 1. The molecule has 1 aromatic carbocycles. The van der Waals surface area contributed by atoms with Crippen molar-refractivity contribution in [2.24, 2.45) is 0 Å². The van der Waals surface area contributed by atoms with Gasteiger partial charge < -0.3 is 5.32 Å². The molecule has 5 heteroatoms. The second kappa shape index (κ2) is 5.69. The SMILES string of the molecule is CNCc1cccnc1Sc1nc2ccccc2s1. The fraction of sp³-hybridized carbons (Fsp3) is 0.143. The topological polar surface area (TPSA) is 37.8 Å². The van der Waals surface area contributed by atoms with E-state index in [0.29, 0.717) is 0 Å². The summed E-state index contributed by atoms with van der Waals surface area (Å²) in [7, 11) is 1.94. The standard InChI is InChI=1S/C14H13N3S2/c1-15-9-10-5-4-8-16-13(10)19-14-17-11-6-2-3-7-12(11)18-14/h2-8,15H,9H2,1H3. The Bertz CT molecular complexity index is 661. The number of rotatable bonds is 4. The number of hydrogen-bond donors (Lipinski definition) is 1. The molecule has 0 radical (unpaired) electrons. The van der Waals surface area contributed by atoms with Gasteiger partial charge in [-0.25, -0.2) is 9.97 Å². The first-order valence-electron chi connectivity index (χ1n) is 5.99. The molecule has 3 aromatic rings. The Balaban J connectivity index is 1.92. The van der Waals surface area contributed by atoms with Crippen molar-refractivity contribution in [2.75, 3.05) is 7.05 Å². The van der Waals surface area contributed by atoms with Crippen LogP contribution < -0.4 is 5.32 Å². The van der Waals surface area contributed by atoms with Crippen LogP contribution in [0, 0.1) is 0 Å². The van der Waals surface area contributed by atoms with E-state index < -0.39 is 0 Å². The van der Waals surface area contributed by atoms with Crippen LogP contribution in [-0.2, 0) is 6.54 Å². The van der Waals surface area contributed by atoms with Gasteiger partial charge in [0.15, 0.2) is 4.34 Å². The minimum absolute atomic E-state index is 0.821. The lowest BCUT2D eigenvalue weighted by Crippen LogP contribution is -2.06. The normalized spacial score (nSPS) is 11.0. The average Bonchev–Trinajstić information content (AvgIpc) is 2.83. The van der Waals surface area contributed by atoms with Crippen molar-refractivity contribution in [1.82, 2.24) is 15.3 Å². The molecule has 0 aliphatic carbocycles. The summed E-state index contributed by atoms with van der Waals surface area (Å²) in [5.74, 6) is 0. The zero-order chi connectivity index (χ0) is 13.1. The van der Waals surface area contributed by atoms with Crippen LogP contribution in [0.4, 0.5) is 0 Å². The number of nitrogens with one attached hydrogen (secondary N) is 1. The fourth-order valence-electron chi connectivity index (χ4n) is 1.82. The number of aromatic nitrogens is 2. The molecule has 0 aliphatic heterocycles. The molecule has 3 nitrogen and oxygen atoms in total. The lowest BCUT2D eigenvalue weighted by molar-refractivity contribution is 0.789. The third kappa shape index (κ3) is 2.78. The van der Waals surface area contributed by atoms with Gasteiger partial charge in [0.1, 0.15) is 5.03 Å². The first-order chi connectivity index (χ1) is 9.36. The van der Waals surface area contributed by atoms with Gasteiger partial charge in [-0.15, -0.1) is 11.3 Å². The summed E-state index contributed by atoms with van der Waals surface area (Å²) in [6.45, 7) is 0.821. The zero-order valence-corrected chi connectivity index (χ0v) is 12.1. The smallest absolute Gasteiger partial charge is 0.157 e. The maximum atomic E-state index is 4.63. The molecular formula is C14H13N3S2. The molecular weight excluding hydrogens is 274 g/mol. The van der Waals surface area contributed by atoms with E-state index in [1.54, 1.807) is 23.1 Å². The van der Waals surface area contributed by atoms with Gasteiger partial charge in [-0.2, -0.15) is 0 Å². The summed E-state index contributed by atoms with van der Waals surface area (Å²) >= 11 is 3.35. The average molecular weight is 287 g/mol. The summed E-state index contributed by atoms with van der Waals surface area (Å²) in [5, 5.41) is 4.19. The molecule has 0 saturated heterocycles. The maximum Gasteiger partial charge on any atom is 0.157 e. The lowest BCUT2D eigenvalue weighted by Gasteiger charge is -2.05. The number of fused-ring (bicyclic) bond motifs is 1. The Labute approximate surface area is 120 Å². The summed E-state index contributed by atoms with van der Waals surface area (Å²) in [5.41, 5.74) is 2.26. The van der Waals surface area contributed by atoms with Crippen LogP contribution in [0.2, 0.25) is 0 Å². The van der Waals surface area contributed by atoms with Gasteiger partial charge in [-0.3, -0.25) is 0 Å². The number of thiazole rings is 1. The molecule has 1 N–H and O–H groups in total. The van der Waals surface area contributed by atoms with Gasteiger partial charge in [0.2, 0.25) is 0 Å². The lowest BCUT2D eigenvalue weighted by atomic mass is 10.3. The number of pyridine rings is 1. The van der Waals surface area contributed by atoms with Gasteiger partial charge in [0, 0.05) is 12.7 Å². The van der Waals surface area contributed by atoms with Crippen LogP contribution in [0.3, 0.4) is 0 Å². The summed E-state index contributed by atoms with van der Waals surface area (Å²) in [6, 6.07) is 12.3. The van der Waals surface area contributed by atoms with Gasteiger partial charge in [-0.1, -0.05) is 18.2 Å². The predicted octanol–water partition coefficient (Wildman–Crippen LogP) is 3.56. The van der Waals surface area contributed by atoms with Crippen molar-refractivity contribution in [3.63, 3.8) is 0 Å². The van der Waals surface area contributed by atoms with Gasteiger partial charge in [0.25, 0.3) is 0 Å². The van der Waals surface area contributed by atoms with E-state index in [4.69, 9.17) is 0 Å². The van der Waals surface area contributed by atoms with Crippen LogP contribution >= 0.6 is 23.1 Å². The first kappa shape index (κ1) is 12.6. The third-order valence-corrected chi connectivity index (χ3v) is 4.83. The van der Waals surface area contributed by atoms with Crippen LogP contribution in [0.15, 0.2) is 52.0 Å². The summed E-state index contributed by atoms with van der Waals surface area (Å²) in [4.78, 5) is 9.08. The second-order valence-electron chi connectivity index (χ2n) is 4.05. The van der Waals surface area contributed by atoms with Crippen molar-refractivity contribution in [1.29, 1.82) is 0 Å². The molecule has 0 saturated carbocycles. The molecule has 0 bridgehead atoms. The van der Waals surface area contributed by atoms with Gasteiger partial charge in [-0.05, 0) is 42.6 Å². The van der Waals surface area contributed by atoms with Crippen LogP contribution in [0.5, 0.6) is 0 Å². The van der Waals surface area contributed by atoms with E-state index in [1.165, 1.54) is 10.3 Å². The van der Waals surface area contributed by atoms with E-state index in [2.05, 4.69) is 27.4 Å². The Morgan fingerprint density at radius 1 is 1.21 bits per heavy atom. The van der Waals surface area contributed by atoms with E-state index in [1.807, 2.05) is 37.5 Å². The van der Waals surface area contributed by atoms with E-state index in [-0.39, 0.29) is 0 Å². The summed E-state index contributed by atoms with van der Waals surface area (Å²) < 4.78 is 2.26. The minimum atomic E-state index is 0.821. The van der Waals surface area contributed by atoms with Crippen molar-refractivity contribution in [3.8, 4) is 0 Å². The molecule has 0 atom stereocenters. The quantitative estimate of drug-likeness (QED) is 0.796. The molecule has 2 heterocycles. The number of nitrogens with zero attached hydrogens (tertiary/aromatic N) is 2. The molecule has 0 amide bonds. The molecule has 0 spiro atoms. The molecule has 0 fully saturated rings. The maximum absolute atomic E-state index is 4.63. The monoisotopic (exact) mass is 287 g/mol. The summed E-state index contributed by atoms with van der Waals surface area (Å²) in [6.07, 6.45) is 1.83. The molecule has 2 aromatic heterocycles. The highest BCUT2D eigenvalue weighted by molar-refractivity contribution is 8.01. The molecule has 0 unspecified atom stereocenters. The first-order valence-corrected chi connectivity index (χ1v) is 7.62. The predicted molar refractivity (Wildman–Crippen MR) is 80.7 cm³/mol. The van der Waals surface area contributed by atoms with Gasteiger partial charge >= 0.3 is 0 Å². The highest BCUT2D eigenvalue weighted by atomic mass is 32.2. The van der Waals surface area contributed by atoms with E-state index in [0.717, 1.165) is 21.4 Å². The Kier molecular flexibility index (Phi) is 3.77. The minimum Gasteiger partial charge on any atom is -0.316 e. The van der Waals surface area contributed by atoms with Crippen LogP contribution in [0.25, 0.3) is 10.2 Å². The Morgan fingerprint density at radius 3 is 2.95 bits per heavy atom. The van der Waals surface area contributed by atoms with Crippen LogP contribution in [-0.4, -0.2) is 17.0 Å². The molecule has 3 rings (SSSR count). The zero-order valence-electron chi connectivity index (χ0n) is 10.5. The number of para-hydroxylation sites is 1. The van der Waals surface area contributed by atoms with Crippen molar-refractivity contribution >= 4 is 33.3 Å². The van der Waals surface area contributed by atoms with Gasteiger partial charge in [0.05, 0.1) is 10.2 Å². The number of hydrogen-bond acceptors (Lipinski definition) is 5. The second-order valence-corrected chi connectivity index (χ2v) is 6.31. The van der Waals surface area contributed by atoms with Crippen LogP contribution in [0.1, 0.15) is 5.56 Å². The molecule has 96 valence electrons. The largest absolute Gasteiger partial charge is 0.316 e. The van der Waals surface area contributed by atoms with Crippen molar-refractivity contribution in [3.05, 3.63) is 48.2 Å². The van der Waals surface area contributed by atoms with E-state index in [9.17, 15) is 0 Å². The van der Waals surface area contributed by atoms with Crippen molar-refractivity contribution < 1.29 is 0 Å². The molecule has 19 heavy (non-hydrogen) atoms. The Morgan fingerprint density at radius 2 is 2.11 bits per heavy atom.